The Morgan fingerprint density at radius 2 is 1.81 bits per heavy atom. The Kier molecular flexibility index (Phi) is 4.50. The van der Waals surface area contributed by atoms with Crippen LogP contribution in [0.15, 0.2) is 35.2 Å². The number of sulfone groups is 1. The van der Waals surface area contributed by atoms with E-state index in [2.05, 4.69) is 0 Å². The Balaban J connectivity index is 3.09. The van der Waals surface area contributed by atoms with E-state index in [4.69, 9.17) is 0 Å². The van der Waals surface area contributed by atoms with E-state index in [0.717, 1.165) is 6.42 Å². The second kappa shape index (κ2) is 5.46. The number of hydrogen-bond donors (Lipinski definition) is 1. The lowest BCUT2D eigenvalue weighted by Gasteiger charge is -2.19. The van der Waals surface area contributed by atoms with Gasteiger partial charge >= 0.3 is 0 Å². The molecule has 16 heavy (non-hydrogen) atoms. The monoisotopic (exact) mass is 242 g/mol. The molecule has 0 spiro atoms. The lowest BCUT2D eigenvalue weighted by Crippen LogP contribution is -2.32. The molecule has 3 nitrogen and oxygen atoms in total. The number of rotatable bonds is 5. The van der Waals surface area contributed by atoms with Crippen molar-refractivity contribution in [2.75, 3.05) is 0 Å². The highest BCUT2D eigenvalue weighted by Crippen LogP contribution is 2.21. The predicted octanol–water partition coefficient (Wildman–Crippen LogP) is 2.01. The van der Waals surface area contributed by atoms with E-state index in [1.165, 1.54) is 6.92 Å². The quantitative estimate of drug-likeness (QED) is 0.859. The summed E-state index contributed by atoms with van der Waals surface area (Å²) in [5.74, 6) is 0. The third-order valence-electron chi connectivity index (χ3n) is 2.58. The molecule has 0 aliphatic carbocycles. The highest BCUT2D eigenvalue weighted by atomic mass is 32.2. The fourth-order valence-corrected chi connectivity index (χ4v) is 3.68. The third kappa shape index (κ3) is 2.83. The molecular weight excluding hydrogens is 224 g/mol. The van der Waals surface area contributed by atoms with Crippen LogP contribution in [0, 0.1) is 0 Å². The molecule has 1 aromatic rings. The summed E-state index contributed by atoms with van der Waals surface area (Å²) in [7, 11) is -3.41. The van der Waals surface area contributed by atoms with Crippen LogP contribution in [0.1, 0.15) is 26.7 Å². The summed E-state index contributed by atoms with van der Waals surface area (Å²) in [4.78, 5) is 0.286. The van der Waals surface area contributed by atoms with Gasteiger partial charge in [0.1, 0.15) is 0 Å². The van der Waals surface area contributed by atoms with Crippen LogP contribution in [-0.2, 0) is 9.84 Å². The molecule has 0 saturated carbocycles. The maximum absolute atomic E-state index is 12.2. The summed E-state index contributed by atoms with van der Waals surface area (Å²) in [6.07, 6.45) is 0.376. The molecule has 0 bridgehead atoms. The highest BCUT2D eigenvalue weighted by molar-refractivity contribution is 7.92. The Labute approximate surface area is 97.0 Å². The average Bonchev–Trinajstić information content (AvgIpc) is 2.26. The fourth-order valence-electron chi connectivity index (χ4n) is 1.73. The summed E-state index contributed by atoms with van der Waals surface area (Å²) in [5, 5.41) is 8.85. The van der Waals surface area contributed by atoms with Crippen LogP contribution < -0.4 is 0 Å². The van der Waals surface area contributed by atoms with Crippen molar-refractivity contribution in [1.29, 1.82) is 0 Å². The average molecular weight is 242 g/mol. The van der Waals surface area contributed by atoms with Crippen molar-refractivity contribution in [1.82, 2.24) is 0 Å². The summed E-state index contributed by atoms with van der Waals surface area (Å²) in [5.41, 5.74) is 0. The molecule has 90 valence electrons. The van der Waals surface area contributed by atoms with E-state index in [9.17, 15) is 13.5 Å². The van der Waals surface area contributed by atoms with Gasteiger partial charge in [-0.2, -0.15) is 0 Å². The Morgan fingerprint density at radius 1 is 1.25 bits per heavy atom. The van der Waals surface area contributed by atoms with Gasteiger partial charge < -0.3 is 5.11 Å². The second-order valence-corrected chi connectivity index (χ2v) is 6.09. The molecule has 1 aromatic carbocycles. The lowest BCUT2D eigenvalue weighted by atomic mass is 10.2. The number of aliphatic hydroxyl groups excluding tert-OH is 1. The van der Waals surface area contributed by atoms with Crippen molar-refractivity contribution in [2.45, 2.75) is 42.9 Å². The number of aliphatic hydroxyl groups is 1. The van der Waals surface area contributed by atoms with Crippen molar-refractivity contribution in [3.63, 3.8) is 0 Å². The number of hydrogen-bond acceptors (Lipinski definition) is 3. The molecule has 2 atom stereocenters. The normalized spacial score (nSPS) is 15.7. The van der Waals surface area contributed by atoms with Crippen LogP contribution in [0.2, 0.25) is 0 Å². The molecule has 1 rings (SSSR count). The van der Waals surface area contributed by atoms with Gasteiger partial charge in [0.15, 0.2) is 9.84 Å². The van der Waals surface area contributed by atoms with Crippen molar-refractivity contribution >= 4 is 9.84 Å². The van der Waals surface area contributed by atoms with Crippen LogP contribution in [0.4, 0.5) is 0 Å². The van der Waals surface area contributed by atoms with E-state index >= 15 is 0 Å². The number of benzene rings is 1. The molecule has 0 unspecified atom stereocenters. The minimum Gasteiger partial charge on any atom is -0.392 e. The van der Waals surface area contributed by atoms with Crippen LogP contribution in [0.3, 0.4) is 0 Å². The Bertz CT molecular complexity index is 409. The summed E-state index contributed by atoms with van der Waals surface area (Å²) in [6, 6.07) is 8.30. The van der Waals surface area contributed by atoms with Gasteiger partial charge in [0.2, 0.25) is 0 Å². The smallest absolute Gasteiger partial charge is 0.183 e. The van der Waals surface area contributed by atoms with Gasteiger partial charge in [0, 0.05) is 0 Å². The molecule has 0 saturated heterocycles. The van der Waals surface area contributed by atoms with Gasteiger partial charge in [-0.3, -0.25) is 0 Å². The van der Waals surface area contributed by atoms with E-state index in [1.54, 1.807) is 30.3 Å². The molecule has 0 aromatic heterocycles. The van der Waals surface area contributed by atoms with Gasteiger partial charge in [-0.1, -0.05) is 31.5 Å². The molecule has 0 fully saturated rings. The first-order valence-corrected chi connectivity index (χ1v) is 7.01. The zero-order valence-corrected chi connectivity index (χ0v) is 10.4. The standard InChI is InChI=1S/C12H18O3S/c1-3-7-12(10(2)13)16(14,15)11-8-5-4-6-9-11/h4-6,8-10,12-13H,3,7H2,1-2H3/t10-,12-/m0/s1. The molecule has 4 heteroatoms. The first kappa shape index (κ1) is 13.2. The van der Waals surface area contributed by atoms with Gasteiger partial charge in [0.25, 0.3) is 0 Å². The second-order valence-electron chi connectivity index (χ2n) is 3.93. The first-order chi connectivity index (χ1) is 7.50. The third-order valence-corrected chi connectivity index (χ3v) is 4.94. The van der Waals surface area contributed by atoms with Gasteiger partial charge in [-0.25, -0.2) is 8.42 Å². The van der Waals surface area contributed by atoms with Crippen LogP contribution in [0.25, 0.3) is 0 Å². The minimum absolute atomic E-state index is 0.286. The van der Waals surface area contributed by atoms with Crippen molar-refractivity contribution in [3.8, 4) is 0 Å². The molecule has 0 radical (unpaired) electrons. The van der Waals surface area contributed by atoms with Crippen LogP contribution in [-0.4, -0.2) is 24.9 Å². The van der Waals surface area contributed by atoms with Crippen molar-refractivity contribution in [2.24, 2.45) is 0 Å². The molecule has 0 aliphatic rings. The predicted molar refractivity (Wildman–Crippen MR) is 64.0 cm³/mol. The maximum atomic E-state index is 12.2. The molecule has 0 aliphatic heterocycles. The van der Waals surface area contributed by atoms with Crippen molar-refractivity contribution < 1.29 is 13.5 Å². The molecule has 1 N–H and O–H groups in total. The van der Waals surface area contributed by atoms with E-state index in [-0.39, 0.29) is 4.90 Å². The van der Waals surface area contributed by atoms with E-state index in [1.807, 2.05) is 6.92 Å². The highest BCUT2D eigenvalue weighted by Gasteiger charge is 2.30. The zero-order valence-electron chi connectivity index (χ0n) is 9.63. The lowest BCUT2D eigenvalue weighted by molar-refractivity contribution is 0.183. The van der Waals surface area contributed by atoms with E-state index < -0.39 is 21.2 Å². The zero-order chi connectivity index (χ0) is 12.2. The first-order valence-electron chi connectivity index (χ1n) is 5.47. The molecule has 0 amide bonds. The van der Waals surface area contributed by atoms with Crippen LogP contribution in [0.5, 0.6) is 0 Å². The molecular formula is C12H18O3S. The van der Waals surface area contributed by atoms with Gasteiger partial charge in [-0.15, -0.1) is 0 Å². The largest absolute Gasteiger partial charge is 0.392 e. The summed E-state index contributed by atoms with van der Waals surface area (Å²) in [6.45, 7) is 3.44. The topological polar surface area (TPSA) is 54.4 Å². The maximum Gasteiger partial charge on any atom is 0.183 e. The summed E-state index contributed by atoms with van der Waals surface area (Å²) < 4.78 is 24.4. The van der Waals surface area contributed by atoms with Gasteiger partial charge in [-0.05, 0) is 25.5 Å². The van der Waals surface area contributed by atoms with Crippen LogP contribution >= 0.6 is 0 Å². The van der Waals surface area contributed by atoms with Gasteiger partial charge in [0.05, 0.1) is 16.2 Å². The Hall–Kier alpha value is -0.870. The fraction of sp³-hybridized carbons (Fsp3) is 0.500. The Morgan fingerprint density at radius 3 is 2.25 bits per heavy atom. The molecule has 0 heterocycles. The minimum atomic E-state index is -3.41. The summed E-state index contributed by atoms with van der Waals surface area (Å²) >= 11 is 0. The SMILES string of the molecule is CCC[C@@H]([C@H](C)O)S(=O)(=O)c1ccccc1. The van der Waals surface area contributed by atoms with Crippen molar-refractivity contribution in [3.05, 3.63) is 30.3 Å². The van der Waals surface area contributed by atoms with E-state index in [0.29, 0.717) is 6.42 Å².